The fraction of sp³-hybridized carbons (Fsp3) is 0.708. The molecule has 2 saturated carbocycles. The van der Waals surface area contributed by atoms with Gasteiger partial charge >= 0.3 is 5.97 Å². The number of carbonyl (C=O) groups is 3. The number of fused-ring (bicyclic) bond motifs is 5. The molecule has 4 rings (SSSR count). The van der Waals surface area contributed by atoms with Gasteiger partial charge in [-0.3, -0.25) is 14.4 Å². The van der Waals surface area contributed by atoms with E-state index in [0.717, 1.165) is 25.7 Å². The standard InChI is InChI=1S/C24H32O4/c1-14-12-18-19(22(4)9-6-17(27)13-21(14)22)7-10-23(5)20(18)8-11-24(23,15(2)25)28-16(3)26/h12-13,18-20H,6-11H2,1-5H3/t18?,19-,20-,22?,23-,24+/m0/s1. The fourth-order valence-electron chi connectivity index (χ4n) is 7.48. The van der Waals surface area contributed by atoms with Crippen molar-refractivity contribution in [2.24, 2.45) is 28.6 Å². The third-order valence-corrected chi connectivity index (χ3v) is 8.84. The van der Waals surface area contributed by atoms with Crippen LogP contribution >= 0.6 is 0 Å². The second-order valence-corrected chi connectivity index (χ2v) is 10.1. The largest absolute Gasteiger partial charge is 0.451 e. The molecule has 6 atom stereocenters. The zero-order valence-corrected chi connectivity index (χ0v) is 17.8. The average molecular weight is 385 g/mol. The molecule has 0 N–H and O–H groups in total. The summed E-state index contributed by atoms with van der Waals surface area (Å²) in [5.74, 6) is 1.03. The first-order valence-electron chi connectivity index (χ1n) is 10.7. The van der Waals surface area contributed by atoms with Crippen molar-refractivity contribution >= 4 is 17.5 Å². The van der Waals surface area contributed by atoms with Gasteiger partial charge in [0.05, 0.1) is 0 Å². The molecule has 4 aliphatic carbocycles. The van der Waals surface area contributed by atoms with Crippen molar-refractivity contribution in [1.82, 2.24) is 0 Å². The quantitative estimate of drug-likeness (QED) is 0.654. The van der Waals surface area contributed by atoms with Crippen LogP contribution in [-0.4, -0.2) is 23.1 Å². The van der Waals surface area contributed by atoms with Gasteiger partial charge in [-0.2, -0.15) is 0 Å². The van der Waals surface area contributed by atoms with Crippen LogP contribution in [0.3, 0.4) is 0 Å². The number of carbonyl (C=O) groups excluding carboxylic acids is 3. The van der Waals surface area contributed by atoms with Crippen molar-refractivity contribution in [3.8, 4) is 0 Å². The Bertz CT molecular complexity index is 820. The molecule has 0 spiro atoms. The predicted octanol–water partition coefficient (Wildman–Crippen LogP) is 4.58. The van der Waals surface area contributed by atoms with E-state index in [1.54, 1.807) is 6.92 Å². The Balaban J connectivity index is 1.79. The van der Waals surface area contributed by atoms with Crippen molar-refractivity contribution in [2.45, 2.75) is 78.7 Å². The highest BCUT2D eigenvalue weighted by Gasteiger charge is 2.67. The number of hydrogen-bond donors (Lipinski definition) is 0. The molecule has 0 heterocycles. The van der Waals surface area contributed by atoms with E-state index in [0.29, 0.717) is 30.6 Å². The molecule has 0 aromatic carbocycles. The van der Waals surface area contributed by atoms with Crippen molar-refractivity contribution in [1.29, 1.82) is 0 Å². The molecule has 4 nitrogen and oxygen atoms in total. The number of allylic oxidation sites excluding steroid dienone is 4. The van der Waals surface area contributed by atoms with Crippen LogP contribution in [0.5, 0.6) is 0 Å². The number of ketones is 2. The third-order valence-electron chi connectivity index (χ3n) is 8.84. The number of Topliss-reactive ketones (excluding diaryl/α,β-unsaturated/α-hetero) is 1. The van der Waals surface area contributed by atoms with Crippen LogP contribution in [0.1, 0.15) is 73.1 Å². The summed E-state index contributed by atoms with van der Waals surface area (Å²) >= 11 is 0. The Morgan fingerprint density at radius 2 is 1.75 bits per heavy atom. The van der Waals surface area contributed by atoms with Crippen molar-refractivity contribution in [2.75, 3.05) is 0 Å². The summed E-state index contributed by atoms with van der Waals surface area (Å²) in [7, 11) is 0. The smallest absolute Gasteiger partial charge is 0.303 e. The van der Waals surface area contributed by atoms with E-state index in [4.69, 9.17) is 4.74 Å². The number of ether oxygens (including phenoxy) is 1. The molecule has 2 fully saturated rings. The minimum atomic E-state index is -0.990. The van der Waals surface area contributed by atoms with E-state index in [2.05, 4.69) is 26.8 Å². The van der Waals surface area contributed by atoms with Crippen molar-refractivity contribution in [3.05, 3.63) is 23.3 Å². The Morgan fingerprint density at radius 3 is 2.39 bits per heavy atom. The van der Waals surface area contributed by atoms with E-state index < -0.39 is 5.60 Å². The molecule has 0 aromatic heterocycles. The zero-order chi connectivity index (χ0) is 20.5. The van der Waals surface area contributed by atoms with E-state index in [-0.39, 0.29) is 28.4 Å². The topological polar surface area (TPSA) is 60.4 Å². The van der Waals surface area contributed by atoms with Crippen LogP contribution < -0.4 is 0 Å². The van der Waals surface area contributed by atoms with Gasteiger partial charge in [0.15, 0.2) is 17.2 Å². The first-order chi connectivity index (χ1) is 13.0. The highest BCUT2D eigenvalue weighted by Crippen LogP contribution is 2.67. The van der Waals surface area contributed by atoms with Gasteiger partial charge in [0.2, 0.25) is 0 Å². The summed E-state index contributed by atoms with van der Waals surface area (Å²) in [4.78, 5) is 36.8. The molecular formula is C24H32O4. The average Bonchev–Trinajstić information content (AvgIpc) is 2.90. The second kappa shape index (κ2) is 6.14. The van der Waals surface area contributed by atoms with E-state index >= 15 is 0 Å². The molecule has 0 saturated heterocycles. The molecule has 0 aromatic rings. The highest BCUT2D eigenvalue weighted by molar-refractivity contribution is 5.92. The SMILES string of the molecule is CC(=O)O[C@@]1(C(C)=O)CC[C@H]2C3C=C(C)C4=CC(=O)CCC4(C)[C@H]3CC[C@@]21C. The van der Waals surface area contributed by atoms with Crippen molar-refractivity contribution < 1.29 is 19.1 Å². The maximum absolute atomic E-state index is 12.8. The highest BCUT2D eigenvalue weighted by atomic mass is 16.6. The summed E-state index contributed by atoms with van der Waals surface area (Å²) in [6.07, 6.45) is 9.20. The Hall–Kier alpha value is -1.71. The van der Waals surface area contributed by atoms with Crippen LogP contribution in [0.15, 0.2) is 23.3 Å². The maximum atomic E-state index is 12.8. The molecule has 0 radical (unpaired) electrons. The van der Waals surface area contributed by atoms with Gasteiger partial charge in [-0.25, -0.2) is 0 Å². The van der Waals surface area contributed by atoms with Crippen LogP contribution in [0.25, 0.3) is 0 Å². The molecule has 4 aliphatic rings. The third kappa shape index (κ3) is 2.39. The predicted molar refractivity (Wildman–Crippen MR) is 106 cm³/mol. The molecule has 0 bridgehead atoms. The van der Waals surface area contributed by atoms with Gasteiger partial charge in [0.1, 0.15) is 0 Å². The van der Waals surface area contributed by atoms with Gasteiger partial charge in [-0.05, 0) is 80.8 Å². The lowest BCUT2D eigenvalue weighted by molar-refractivity contribution is -0.185. The Labute approximate surface area is 167 Å². The van der Waals surface area contributed by atoms with Crippen molar-refractivity contribution in [3.63, 3.8) is 0 Å². The maximum Gasteiger partial charge on any atom is 0.303 e. The molecule has 0 aliphatic heterocycles. The molecular weight excluding hydrogens is 352 g/mol. The Morgan fingerprint density at radius 1 is 1.07 bits per heavy atom. The minimum absolute atomic E-state index is 0.0160. The summed E-state index contributed by atoms with van der Waals surface area (Å²) in [5.41, 5.74) is 1.15. The molecule has 152 valence electrons. The summed E-state index contributed by atoms with van der Waals surface area (Å²) in [6, 6.07) is 0. The van der Waals surface area contributed by atoms with Gasteiger partial charge in [0.25, 0.3) is 0 Å². The van der Waals surface area contributed by atoms with Gasteiger partial charge < -0.3 is 4.74 Å². The number of rotatable bonds is 2. The normalized spacial score (nSPS) is 44.6. The summed E-state index contributed by atoms with van der Waals surface area (Å²) in [6.45, 7) is 9.63. The summed E-state index contributed by atoms with van der Waals surface area (Å²) < 4.78 is 5.82. The number of esters is 1. The Kier molecular flexibility index (Phi) is 4.30. The van der Waals surface area contributed by atoms with Crippen LogP contribution in [-0.2, 0) is 19.1 Å². The monoisotopic (exact) mass is 384 g/mol. The van der Waals surface area contributed by atoms with Gasteiger partial charge in [-0.15, -0.1) is 0 Å². The molecule has 0 amide bonds. The van der Waals surface area contributed by atoms with Crippen LogP contribution in [0.4, 0.5) is 0 Å². The van der Waals surface area contributed by atoms with Crippen LogP contribution in [0.2, 0.25) is 0 Å². The fourth-order valence-corrected chi connectivity index (χ4v) is 7.48. The van der Waals surface area contributed by atoms with E-state index in [9.17, 15) is 14.4 Å². The van der Waals surface area contributed by atoms with Crippen LogP contribution in [0, 0.1) is 28.6 Å². The first kappa shape index (κ1) is 19.6. The number of hydrogen-bond acceptors (Lipinski definition) is 4. The molecule has 28 heavy (non-hydrogen) atoms. The molecule has 4 heteroatoms. The zero-order valence-electron chi connectivity index (χ0n) is 17.8. The minimum Gasteiger partial charge on any atom is -0.451 e. The molecule has 2 unspecified atom stereocenters. The first-order valence-corrected chi connectivity index (χ1v) is 10.7. The summed E-state index contributed by atoms with van der Waals surface area (Å²) in [5, 5.41) is 0. The lowest BCUT2D eigenvalue weighted by Gasteiger charge is -2.58. The van der Waals surface area contributed by atoms with E-state index in [1.807, 2.05) is 6.08 Å². The lowest BCUT2D eigenvalue weighted by atomic mass is 9.47. The van der Waals surface area contributed by atoms with Gasteiger partial charge in [0, 0.05) is 18.8 Å². The van der Waals surface area contributed by atoms with E-state index in [1.165, 1.54) is 18.1 Å². The lowest BCUT2D eigenvalue weighted by Crippen LogP contribution is -2.58. The van der Waals surface area contributed by atoms with Gasteiger partial charge in [-0.1, -0.05) is 25.5 Å². The second-order valence-electron chi connectivity index (χ2n) is 10.1.